The van der Waals surface area contributed by atoms with Crippen molar-refractivity contribution in [2.45, 2.75) is 39.0 Å². The Morgan fingerprint density at radius 3 is 2.61 bits per heavy atom. The Bertz CT molecular complexity index is 912. The van der Waals surface area contributed by atoms with E-state index in [-0.39, 0.29) is 11.7 Å². The molecule has 0 N–H and O–H groups in total. The molecule has 4 rings (SSSR count). The zero-order valence-electron chi connectivity index (χ0n) is 18.2. The van der Waals surface area contributed by atoms with Crippen LogP contribution in [0.3, 0.4) is 0 Å². The van der Waals surface area contributed by atoms with Crippen LogP contribution in [0.5, 0.6) is 11.5 Å². The first-order chi connectivity index (χ1) is 15.2. The van der Waals surface area contributed by atoms with Crippen molar-refractivity contribution in [3.05, 3.63) is 53.3 Å². The van der Waals surface area contributed by atoms with Crippen molar-refractivity contribution in [1.29, 1.82) is 0 Å². The minimum atomic E-state index is -0.433. The number of rotatable bonds is 9. The Hall–Kier alpha value is -2.60. The van der Waals surface area contributed by atoms with Crippen molar-refractivity contribution in [3.8, 4) is 11.5 Å². The van der Waals surface area contributed by atoms with E-state index in [0.29, 0.717) is 37.4 Å². The van der Waals surface area contributed by atoms with Crippen molar-refractivity contribution in [2.24, 2.45) is 0 Å². The second-order valence-electron chi connectivity index (χ2n) is 8.24. The van der Waals surface area contributed by atoms with Gasteiger partial charge in [-0.1, -0.05) is 13.3 Å². The number of anilines is 1. The van der Waals surface area contributed by atoms with Gasteiger partial charge in [0.05, 0.1) is 6.61 Å². The van der Waals surface area contributed by atoms with Crippen LogP contribution in [0.1, 0.15) is 48.5 Å². The van der Waals surface area contributed by atoms with Crippen molar-refractivity contribution < 1.29 is 18.7 Å². The van der Waals surface area contributed by atoms with E-state index in [1.807, 2.05) is 18.2 Å². The van der Waals surface area contributed by atoms with E-state index in [2.05, 4.69) is 11.8 Å². The molecule has 1 saturated heterocycles. The van der Waals surface area contributed by atoms with E-state index in [0.717, 1.165) is 43.8 Å². The predicted octanol–water partition coefficient (Wildman–Crippen LogP) is 4.68. The fraction of sp³-hybridized carbons (Fsp3) is 0.480. The minimum absolute atomic E-state index is 0.108. The molecule has 0 radical (unpaired) electrons. The number of unbranched alkanes of at least 4 members (excludes halogenated alkanes) is 1. The van der Waals surface area contributed by atoms with Gasteiger partial charge in [-0.25, -0.2) is 4.39 Å². The Kier molecular flexibility index (Phi) is 7.07. The number of hydrogen-bond donors (Lipinski definition) is 0. The van der Waals surface area contributed by atoms with Crippen LogP contribution < -0.4 is 14.4 Å². The SMILES string of the molecule is CCCCOc1ccc2c(c1)CCN(c1ccc(OCCN3CCCC3)c(F)c1)C2=O. The van der Waals surface area contributed by atoms with Crippen molar-refractivity contribution in [3.63, 3.8) is 0 Å². The Morgan fingerprint density at radius 2 is 1.84 bits per heavy atom. The zero-order chi connectivity index (χ0) is 21.6. The van der Waals surface area contributed by atoms with E-state index in [1.165, 1.54) is 18.9 Å². The van der Waals surface area contributed by atoms with Gasteiger partial charge in [-0.2, -0.15) is 0 Å². The highest BCUT2D eigenvalue weighted by Gasteiger charge is 2.26. The number of fused-ring (bicyclic) bond motifs is 1. The summed E-state index contributed by atoms with van der Waals surface area (Å²) in [5.41, 5.74) is 2.20. The van der Waals surface area contributed by atoms with Crippen LogP contribution in [0, 0.1) is 5.82 Å². The number of amides is 1. The number of halogens is 1. The van der Waals surface area contributed by atoms with Gasteiger partial charge in [0.1, 0.15) is 12.4 Å². The molecule has 0 aliphatic carbocycles. The maximum atomic E-state index is 14.6. The van der Waals surface area contributed by atoms with Crippen LogP contribution in [0.4, 0.5) is 10.1 Å². The summed E-state index contributed by atoms with van der Waals surface area (Å²) in [4.78, 5) is 17.0. The van der Waals surface area contributed by atoms with Gasteiger partial charge in [0, 0.05) is 30.4 Å². The molecule has 2 aliphatic heterocycles. The van der Waals surface area contributed by atoms with Gasteiger partial charge in [0.25, 0.3) is 5.91 Å². The lowest BCUT2D eigenvalue weighted by Gasteiger charge is -2.29. The van der Waals surface area contributed by atoms with Crippen LogP contribution in [0.25, 0.3) is 0 Å². The molecule has 0 saturated carbocycles. The molecule has 2 aliphatic rings. The normalized spacial score (nSPS) is 16.5. The number of carbonyl (C=O) groups is 1. The summed E-state index contributed by atoms with van der Waals surface area (Å²) in [7, 11) is 0. The van der Waals surface area contributed by atoms with E-state index in [4.69, 9.17) is 9.47 Å². The van der Waals surface area contributed by atoms with Gasteiger partial charge >= 0.3 is 0 Å². The molecule has 2 heterocycles. The number of ether oxygens (including phenoxy) is 2. The number of nitrogens with zero attached hydrogens (tertiary/aromatic N) is 2. The molecule has 0 atom stereocenters. The lowest BCUT2D eigenvalue weighted by Crippen LogP contribution is -2.37. The standard InChI is InChI=1S/C25H31FN2O3/c1-2-3-15-30-21-7-8-22-19(17-21)10-13-28(25(22)29)20-6-9-24(23(26)18-20)31-16-14-27-11-4-5-12-27/h6-9,17-18H,2-5,10-16H2,1H3. The Morgan fingerprint density at radius 1 is 1.00 bits per heavy atom. The molecule has 0 spiro atoms. The Labute approximate surface area is 183 Å². The van der Waals surface area contributed by atoms with Crippen LogP contribution in [0.2, 0.25) is 0 Å². The first kappa shape index (κ1) is 21.6. The molecule has 0 aromatic heterocycles. The summed E-state index contributed by atoms with van der Waals surface area (Å²) in [5.74, 6) is 0.497. The summed E-state index contributed by atoms with van der Waals surface area (Å²) in [6.45, 7) is 6.78. The van der Waals surface area contributed by atoms with E-state index >= 15 is 0 Å². The van der Waals surface area contributed by atoms with Crippen LogP contribution in [-0.4, -0.2) is 50.2 Å². The quantitative estimate of drug-likeness (QED) is 0.546. The average molecular weight is 427 g/mol. The fourth-order valence-electron chi connectivity index (χ4n) is 4.20. The molecule has 1 fully saturated rings. The second kappa shape index (κ2) is 10.1. The molecule has 2 aromatic rings. The molecular formula is C25H31FN2O3. The summed E-state index contributed by atoms with van der Waals surface area (Å²) < 4.78 is 26.0. The largest absolute Gasteiger partial charge is 0.494 e. The first-order valence-corrected chi connectivity index (χ1v) is 11.4. The third kappa shape index (κ3) is 5.18. The van der Waals surface area contributed by atoms with Crippen molar-refractivity contribution in [2.75, 3.05) is 44.3 Å². The average Bonchev–Trinajstić information content (AvgIpc) is 3.29. The summed E-state index contributed by atoms with van der Waals surface area (Å²) >= 11 is 0. The summed E-state index contributed by atoms with van der Waals surface area (Å²) in [6.07, 6.45) is 5.25. The monoisotopic (exact) mass is 426 g/mol. The van der Waals surface area contributed by atoms with Gasteiger partial charge in [-0.15, -0.1) is 0 Å². The maximum Gasteiger partial charge on any atom is 0.258 e. The van der Waals surface area contributed by atoms with Gasteiger partial charge in [-0.05, 0) is 74.7 Å². The number of benzene rings is 2. The second-order valence-corrected chi connectivity index (χ2v) is 8.24. The highest BCUT2D eigenvalue weighted by molar-refractivity contribution is 6.08. The van der Waals surface area contributed by atoms with Gasteiger partial charge in [0.15, 0.2) is 11.6 Å². The van der Waals surface area contributed by atoms with Crippen LogP contribution >= 0.6 is 0 Å². The van der Waals surface area contributed by atoms with Gasteiger partial charge in [-0.3, -0.25) is 9.69 Å². The van der Waals surface area contributed by atoms with E-state index < -0.39 is 5.82 Å². The molecule has 2 aromatic carbocycles. The molecule has 6 heteroatoms. The van der Waals surface area contributed by atoms with Gasteiger partial charge < -0.3 is 14.4 Å². The molecule has 0 unspecified atom stereocenters. The molecule has 166 valence electrons. The highest BCUT2D eigenvalue weighted by atomic mass is 19.1. The molecule has 5 nitrogen and oxygen atoms in total. The lowest BCUT2D eigenvalue weighted by molar-refractivity contribution is 0.0980. The van der Waals surface area contributed by atoms with E-state index in [1.54, 1.807) is 17.0 Å². The van der Waals surface area contributed by atoms with E-state index in [9.17, 15) is 9.18 Å². The lowest BCUT2D eigenvalue weighted by atomic mass is 9.98. The third-order valence-corrected chi connectivity index (χ3v) is 6.01. The topological polar surface area (TPSA) is 42.0 Å². The number of hydrogen-bond acceptors (Lipinski definition) is 4. The smallest absolute Gasteiger partial charge is 0.258 e. The van der Waals surface area contributed by atoms with Crippen LogP contribution in [-0.2, 0) is 6.42 Å². The third-order valence-electron chi connectivity index (χ3n) is 6.01. The predicted molar refractivity (Wildman–Crippen MR) is 120 cm³/mol. The Balaban J connectivity index is 1.39. The maximum absolute atomic E-state index is 14.6. The summed E-state index contributed by atoms with van der Waals surface area (Å²) in [6, 6.07) is 10.4. The molecule has 0 bridgehead atoms. The van der Waals surface area contributed by atoms with Crippen molar-refractivity contribution >= 4 is 11.6 Å². The van der Waals surface area contributed by atoms with Crippen LogP contribution in [0.15, 0.2) is 36.4 Å². The first-order valence-electron chi connectivity index (χ1n) is 11.4. The number of carbonyl (C=O) groups excluding carboxylic acids is 1. The zero-order valence-corrected chi connectivity index (χ0v) is 18.2. The number of likely N-dealkylation sites (tertiary alicyclic amines) is 1. The highest BCUT2D eigenvalue weighted by Crippen LogP contribution is 2.30. The molecular weight excluding hydrogens is 395 g/mol. The van der Waals surface area contributed by atoms with Crippen molar-refractivity contribution in [1.82, 2.24) is 4.90 Å². The molecule has 1 amide bonds. The fourth-order valence-corrected chi connectivity index (χ4v) is 4.20. The van der Waals surface area contributed by atoms with Gasteiger partial charge in [0.2, 0.25) is 0 Å². The minimum Gasteiger partial charge on any atom is -0.494 e. The molecule has 31 heavy (non-hydrogen) atoms. The summed E-state index contributed by atoms with van der Waals surface area (Å²) in [5, 5.41) is 0.